The molecule has 1 N–H and O–H groups in total. The van der Waals surface area contributed by atoms with Crippen molar-refractivity contribution in [3.63, 3.8) is 0 Å². The molecule has 1 aliphatic carbocycles. The summed E-state index contributed by atoms with van der Waals surface area (Å²) in [5.74, 6) is 1.34. The van der Waals surface area contributed by atoms with Crippen LogP contribution in [0, 0.1) is 5.92 Å². The minimum atomic E-state index is 0.444. The summed E-state index contributed by atoms with van der Waals surface area (Å²) in [6, 6.07) is 15.1. The van der Waals surface area contributed by atoms with E-state index in [0.717, 1.165) is 11.3 Å². The fourth-order valence-corrected chi connectivity index (χ4v) is 4.26. The van der Waals surface area contributed by atoms with Crippen molar-refractivity contribution in [2.45, 2.75) is 60.3 Å². The monoisotopic (exact) mass is 386 g/mol. The lowest BCUT2D eigenvalue weighted by atomic mass is 9.89. The third kappa shape index (κ3) is 4.37. The summed E-state index contributed by atoms with van der Waals surface area (Å²) >= 11 is 0. The first kappa shape index (κ1) is 21.1. The Morgan fingerprint density at radius 3 is 2.07 bits per heavy atom. The molecule has 1 unspecified atom stereocenters. The summed E-state index contributed by atoms with van der Waals surface area (Å²) in [4.78, 5) is 0. The van der Waals surface area contributed by atoms with Crippen molar-refractivity contribution in [2.75, 3.05) is 5.43 Å². The Hall–Kier alpha value is -2.61. The van der Waals surface area contributed by atoms with Crippen LogP contribution in [-0.4, -0.2) is 6.21 Å². The van der Waals surface area contributed by atoms with E-state index in [4.69, 9.17) is 0 Å². The molecule has 152 valence electrons. The maximum absolute atomic E-state index is 4.68. The van der Waals surface area contributed by atoms with E-state index in [-0.39, 0.29) is 0 Å². The lowest BCUT2D eigenvalue weighted by molar-refractivity contribution is 0.835. The molecule has 0 fully saturated rings. The van der Waals surface area contributed by atoms with Crippen LogP contribution in [0.25, 0.3) is 5.57 Å². The first-order valence-electron chi connectivity index (χ1n) is 10.7. The molecule has 1 atom stereocenters. The maximum atomic E-state index is 4.68. The van der Waals surface area contributed by atoms with Gasteiger partial charge < -0.3 is 0 Å². The van der Waals surface area contributed by atoms with Crippen LogP contribution < -0.4 is 5.43 Å². The smallest absolute Gasteiger partial charge is 0.0630 e. The predicted molar refractivity (Wildman–Crippen MR) is 128 cm³/mol. The third-order valence-corrected chi connectivity index (χ3v) is 5.99. The van der Waals surface area contributed by atoms with Crippen LogP contribution in [0.4, 0.5) is 5.69 Å². The van der Waals surface area contributed by atoms with Crippen molar-refractivity contribution in [2.24, 2.45) is 11.0 Å². The fraction of sp³-hybridized carbons (Fsp3) is 0.370. The van der Waals surface area contributed by atoms with E-state index in [1.54, 1.807) is 0 Å². The van der Waals surface area contributed by atoms with Gasteiger partial charge in [0.05, 0.1) is 11.9 Å². The fourth-order valence-electron chi connectivity index (χ4n) is 4.26. The number of hydrogen-bond acceptors (Lipinski definition) is 2. The van der Waals surface area contributed by atoms with Gasteiger partial charge in [-0.15, -0.1) is 0 Å². The van der Waals surface area contributed by atoms with E-state index in [1.165, 1.54) is 33.4 Å². The summed E-state index contributed by atoms with van der Waals surface area (Å²) in [7, 11) is 0. The highest BCUT2D eigenvalue weighted by Gasteiger charge is 2.22. The Labute approximate surface area is 176 Å². The quantitative estimate of drug-likeness (QED) is 0.398. The highest BCUT2D eigenvalue weighted by atomic mass is 15.3. The zero-order valence-electron chi connectivity index (χ0n) is 18.9. The van der Waals surface area contributed by atoms with Gasteiger partial charge in [-0.2, -0.15) is 5.10 Å². The van der Waals surface area contributed by atoms with E-state index in [0.29, 0.717) is 17.8 Å². The van der Waals surface area contributed by atoms with Crippen LogP contribution >= 0.6 is 0 Å². The summed E-state index contributed by atoms with van der Waals surface area (Å²) < 4.78 is 0. The summed E-state index contributed by atoms with van der Waals surface area (Å²) in [5.41, 5.74) is 13.8. The first-order valence-corrected chi connectivity index (χ1v) is 10.7. The standard InChI is InChI=1S/C27H34N2/c1-17(2)23-13-10-14-24(18(3)4)27(23)29-28-16-22-11-8-9-12-25(22)26-20(6)15-19(5)21(26)7/h8-18,21,29H,1-7H3. The molecule has 0 saturated heterocycles. The van der Waals surface area contributed by atoms with Crippen molar-refractivity contribution >= 4 is 17.5 Å². The van der Waals surface area contributed by atoms with Gasteiger partial charge in [-0.25, -0.2) is 0 Å². The minimum Gasteiger partial charge on any atom is -0.278 e. The molecule has 2 aromatic rings. The molecule has 0 aromatic heterocycles. The molecule has 29 heavy (non-hydrogen) atoms. The van der Waals surface area contributed by atoms with Crippen LogP contribution in [0.15, 0.2) is 64.8 Å². The second kappa shape index (κ2) is 8.82. The molecule has 0 saturated carbocycles. The molecule has 1 aliphatic rings. The first-order chi connectivity index (χ1) is 13.8. The number of hydrazone groups is 1. The van der Waals surface area contributed by atoms with Crippen LogP contribution in [0.2, 0.25) is 0 Å². The van der Waals surface area contributed by atoms with Gasteiger partial charge in [-0.1, -0.05) is 88.7 Å². The van der Waals surface area contributed by atoms with Gasteiger partial charge in [-0.05, 0) is 53.5 Å². The Bertz CT molecular complexity index is 948. The Kier molecular flexibility index (Phi) is 6.42. The number of rotatable bonds is 6. The molecule has 0 spiro atoms. The molecule has 2 aromatic carbocycles. The van der Waals surface area contributed by atoms with Crippen molar-refractivity contribution in [1.29, 1.82) is 0 Å². The Balaban J connectivity index is 1.94. The largest absolute Gasteiger partial charge is 0.278 e. The number of benzene rings is 2. The number of nitrogens with one attached hydrogen (secondary N) is 1. The molecule has 0 radical (unpaired) electrons. The summed E-state index contributed by atoms with van der Waals surface area (Å²) in [5, 5.41) is 4.68. The minimum absolute atomic E-state index is 0.444. The summed E-state index contributed by atoms with van der Waals surface area (Å²) in [6.07, 6.45) is 4.27. The van der Waals surface area contributed by atoms with E-state index in [2.05, 4.69) is 108 Å². The molecule has 3 rings (SSSR count). The lowest BCUT2D eigenvalue weighted by Crippen LogP contribution is -2.04. The topological polar surface area (TPSA) is 24.4 Å². The van der Waals surface area contributed by atoms with Crippen molar-refractivity contribution in [1.82, 2.24) is 0 Å². The van der Waals surface area contributed by atoms with Gasteiger partial charge in [0.1, 0.15) is 0 Å². The van der Waals surface area contributed by atoms with E-state index in [9.17, 15) is 0 Å². The normalized spacial score (nSPS) is 17.0. The van der Waals surface area contributed by atoms with Crippen molar-refractivity contribution < 1.29 is 0 Å². The van der Waals surface area contributed by atoms with Crippen molar-refractivity contribution in [3.05, 3.63) is 81.9 Å². The maximum Gasteiger partial charge on any atom is 0.0630 e. The second-order valence-electron chi connectivity index (χ2n) is 8.78. The van der Waals surface area contributed by atoms with Gasteiger partial charge in [0.2, 0.25) is 0 Å². The van der Waals surface area contributed by atoms with E-state index >= 15 is 0 Å². The Morgan fingerprint density at radius 1 is 0.897 bits per heavy atom. The van der Waals surface area contributed by atoms with Gasteiger partial charge >= 0.3 is 0 Å². The number of hydrogen-bond donors (Lipinski definition) is 1. The number of allylic oxidation sites excluding steroid dienone is 4. The van der Waals surface area contributed by atoms with Crippen LogP contribution in [-0.2, 0) is 0 Å². The van der Waals surface area contributed by atoms with Crippen LogP contribution in [0.5, 0.6) is 0 Å². The second-order valence-corrected chi connectivity index (χ2v) is 8.78. The zero-order chi connectivity index (χ0) is 21.1. The van der Waals surface area contributed by atoms with E-state index < -0.39 is 0 Å². The van der Waals surface area contributed by atoms with Crippen LogP contribution in [0.1, 0.15) is 82.6 Å². The van der Waals surface area contributed by atoms with Crippen molar-refractivity contribution in [3.8, 4) is 0 Å². The van der Waals surface area contributed by atoms with Crippen LogP contribution in [0.3, 0.4) is 0 Å². The summed E-state index contributed by atoms with van der Waals surface area (Å²) in [6.45, 7) is 15.6. The molecule has 0 aliphatic heterocycles. The highest BCUT2D eigenvalue weighted by molar-refractivity contribution is 5.91. The molecular formula is C27H34N2. The predicted octanol–water partition coefficient (Wildman–Crippen LogP) is 7.75. The number of nitrogens with zero attached hydrogens (tertiary/aromatic N) is 1. The molecular weight excluding hydrogens is 352 g/mol. The lowest BCUT2D eigenvalue weighted by Gasteiger charge is -2.19. The molecule has 0 amide bonds. The molecule has 0 bridgehead atoms. The molecule has 2 nitrogen and oxygen atoms in total. The van der Waals surface area contributed by atoms with Gasteiger partial charge in [0.15, 0.2) is 0 Å². The average Bonchev–Trinajstić information content (AvgIpc) is 2.93. The van der Waals surface area contributed by atoms with Gasteiger partial charge in [0.25, 0.3) is 0 Å². The average molecular weight is 387 g/mol. The van der Waals surface area contributed by atoms with Gasteiger partial charge in [0, 0.05) is 11.5 Å². The molecule has 2 heteroatoms. The van der Waals surface area contributed by atoms with Gasteiger partial charge in [-0.3, -0.25) is 5.43 Å². The van der Waals surface area contributed by atoms with E-state index in [1.807, 2.05) is 6.21 Å². The SMILES string of the molecule is CC1=CC(C)=C(c2ccccc2C=NNc2c(C(C)C)cccc2C(C)C)C1C. The number of anilines is 1. The number of para-hydroxylation sites is 1. The molecule has 0 heterocycles. The zero-order valence-corrected chi connectivity index (χ0v) is 18.9. The highest BCUT2D eigenvalue weighted by Crippen LogP contribution is 2.39. The Morgan fingerprint density at radius 2 is 1.52 bits per heavy atom. The third-order valence-electron chi connectivity index (χ3n) is 5.99.